The molecular weight excluding hydrogens is 296 g/mol. The van der Waals surface area contributed by atoms with Crippen LogP contribution in [0.4, 0.5) is 0 Å². The Morgan fingerprint density at radius 3 is 1.79 bits per heavy atom. The van der Waals surface area contributed by atoms with Crippen LogP contribution in [0.2, 0.25) is 0 Å². The lowest BCUT2D eigenvalue weighted by Gasteiger charge is -2.09. The van der Waals surface area contributed by atoms with E-state index in [9.17, 15) is 0 Å². The number of aryl methyl sites for hydroxylation is 2. The summed E-state index contributed by atoms with van der Waals surface area (Å²) in [7, 11) is 3.37. The van der Waals surface area contributed by atoms with E-state index < -0.39 is 0 Å². The fraction of sp³-hybridized carbons (Fsp3) is 0.455. The quantitative estimate of drug-likeness (QED) is 0.484. The Bertz CT molecular complexity index is 578. The zero-order valence-corrected chi connectivity index (χ0v) is 15.1. The molecule has 0 atom stereocenters. The van der Waals surface area contributed by atoms with E-state index in [1.54, 1.807) is 14.2 Å². The van der Waals surface area contributed by atoms with Gasteiger partial charge in [-0.3, -0.25) is 0 Å². The number of benzene rings is 2. The smallest absolute Gasteiger partial charge is 0.160 e. The Morgan fingerprint density at radius 2 is 1.17 bits per heavy atom. The van der Waals surface area contributed by atoms with Gasteiger partial charge in [0.25, 0.3) is 0 Å². The summed E-state index contributed by atoms with van der Waals surface area (Å²) in [4.78, 5) is 0. The Kier molecular flexibility index (Phi) is 8.23. The molecule has 2 aromatic carbocycles. The molecule has 0 amide bonds. The highest BCUT2D eigenvalue weighted by Gasteiger charge is 2.04. The number of hydrogen-bond donors (Lipinski definition) is 0. The summed E-state index contributed by atoms with van der Waals surface area (Å²) >= 11 is 0. The molecule has 0 spiro atoms. The van der Waals surface area contributed by atoms with Gasteiger partial charge in [-0.1, -0.05) is 62.1 Å². The van der Waals surface area contributed by atoms with Gasteiger partial charge in [0.15, 0.2) is 11.5 Å². The van der Waals surface area contributed by atoms with E-state index in [1.807, 2.05) is 6.07 Å². The zero-order valence-electron chi connectivity index (χ0n) is 15.1. The third-order valence-corrected chi connectivity index (χ3v) is 4.47. The Labute approximate surface area is 146 Å². The van der Waals surface area contributed by atoms with Crippen LogP contribution in [0.3, 0.4) is 0 Å². The van der Waals surface area contributed by atoms with Crippen LogP contribution in [0, 0.1) is 0 Å². The summed E-state index contributed by atoms with van der Waals surface area (Å²) < 4.78 is 10.6. The Hall–Kier alpha value is -1.96. The lowest BCUT2D eigenvalue weighted by atomic mass is 10.0. The van der Waals surface area contributed by atoms with E-state index in [4.69, 9.17) is 9.47 Å². The lowest BCUT2D eigenvalue weighted by Crippen LogP contribution is -1.93. The molecule has 24 heavy (non-hydrogen) atoms. The number of hydrogen-bond acceptors (Lipinski definition) is 2. The van der Waals surface area contributed by atoms with E-state index in [0.29, 0.717) is 0 Å². The first-order valence-electron chi connectivity index (χ1n) is 9.08. The van der Waals surface area contributed by atoms with Crippen LogP contribution in [-0.2, 0) is 12.8 Å². The second kappa shape index (κ2) is 10.7. The fourth-order valence-corrected chi connectivity index (χ4v) is 3.05. The first-order valence-corrected chi connectivity index (χ1v) is 9.08. The van der Waals surface area contributed by atoms with Gasteiger partial charge in [0.05, 0.1) is 14.2 Å². The monoisotopic (exact) mass is 326 g/mol. The highest BCUT2D eigenvalue weighted by atomic mass is 16.5. The average molecular weight is 326 g/mol. The van der Waals surface area contributed by atoms with Crippen molar-refractivity contribution >= 4 is 0 Å². The summed E-state index contributed by atoms with van der Waals surface area (Å²) in [5.74, 6) is 1.63. The van der Waals surface area contributed by atoms with Crippen LogP contribution in [-0.4, -0.2) is 14.2 Å². The summed E-state index contributed by atoms with van der Waals surface area (Å²) in [6.07, 6.45) is 10.2. The van der Waals surface area contributed by atoms with E-state index in [-0.39, 0.29) is 0 Å². The topological polar surface area (TPSA) is 18.5 Å². The predicted molar refractivity (Wildman–Crippen MR) is 101 cm³/mol. The molecule has 2 heteroatoms. The molecule has 2 aromatic rings. The van der Waals surface area contributed by atoms with Gasteiger partial charge < -0.3 is 9.47 Å². The molecule has 0 aliphatic carbocycles. The van der Waals surface area contributed by atoms with Crippen molar-refractivity contribution in [2.45, 2.75) is 51.4 Å². The average Bonchev–Trinajstić information content (AvgIpc) is 2.64. The summed E-state index contributed by atoms with van der Waals surface area (Å²) in [6, 6.07) is 17.0. The van der Waals surface area contributed by atoms with Gasteiger partial charge in [-0.05, 0) is 48.9 Å². The molecule has 0 bridgehead atoms. The van der Waals surface area contributed by atoms with E-state index in [1.165, 1.54) is 56.1 Å². The van der Waals surface area contributed by atoms with Gasteiger partial charge in [-0.2, -0.15) is 0 Å². The zero-order chi connectivity index (χ0) is 17.0. The van der Waals surface area contributed by atoms with E-state index >= 15 is 0 Å². The van der Waals surface area contributed by atoms with Crippen molar-refractivity contribution in [1.82, 2.24) is 0 Å². The summed E-state index contributed by atoms with van der Waals surface area (Å²) in [5.41, 5.74) is 2.79. The van der Waals surface area contributed by atoms with Crippen molar-refractivity contribution in [3.05, 3.63) is 59.7 Å². The Morgan fingerprint density at radius 1 is 0.583 bits per heavy atom. The third kappa shape index (κ3) is 6.27. The maximum atomic E-state index is 5.36. The van der Waals surface area contributed by atoms with Crippen LogP contribution < -0.4 is 9.47 Å². The van der Waals surface area contributed by atoms with Crippen LogP contribution in [0.25, 0.3) is 0 Å². The molecule has 0 aliphatic rings. The molecule has 130 valence electrons. The molecule has 0 saturated heterocycles. The molecular formula is C22H30O2. The van der Waals surface area contributed by atoms with E-state index in [0.717, 1.165) is 17.9 Å². The lowest BCUT2D eigenvalue weighted by molar-refractivity contribution is 0.354. The minimum absolute atomic E-state index is 0.805. The molecule has 0 fully saturated rings. The predicted octanol–water partition coefficient (Wildman–Crippen LogP) is 5.83. The number of methoxy groups -OCH3 is 2. The van der Waals surface area contributed by atoms with Crippen LogP contribution in [0.15, 0.2) is 48.5 Å². The number of rotatable bonds is 11. The minimum Gasteiger partial charge on any atom is -0.493 e. The number of unbranched alkanes of at least 4 members (excludes halogenated alkanes) is 5. The maximum Gasteiger partial charge on any atom is 0.160 e. The molecule has 0 aromatic heterocycles. The summed E-state index contributed by atoms with van der Waals surface area (Å²) in [6.45, 7) is 0. The van der Waals surface area contributed by atoms with Crippen LogP contribution in [0.5, 0.6) is 11.5 Å². The first-order chi connectivity index (χ1) is 11.8. The van der Waals surface area contributed by atoms with Gasteiger partial charge in [-0.25, -0.2) is 0 Å². The van der Waals surface area contributed by atoms with Crippen molar-refractivity contribution in [3.63, 3.8) is 0 Å². The van der Waals surface area contributed by atoms with Crippen molar-refractivity contribution in [2.75, 3.05) is 14.2 Å². The third-order valence-electron chi connectivity index (χ3n) is 4.47. The second-order valence-corrected chi connectivity index (χ2v) is 6.30. The molecule has 0 radical (unpaired) electrons. The normalized spacial score (nSPS) is 10.6. The Balaban J connectivity index is 1.55. The fourth-order valence-electron chi connectivity index (χ4n) is 3.05. The molecule has 0 heterocycles. The SMILES string of the molecule is COc1ccc(CCCCCCCCc2ccccc2)cc1OC. The van der Waals surface area contributed by atoms with Gasteiger partial charge >= 0.3 is 0 Å². The van der Waals surface area contributed by atoms with Crippen LogP contribution in [0.1, 0.15) is 49.7 Å². The molecule has 0 unspecified atom stereocenters. The van der Waals surface area contributed by atoms with Gasteiger partial charge in [0, 0.05) is 0 Å². The molecule has 2 rings (SSSR count). The van der Waals surface area contributed by atoms with Gasteiger partial charge in [0.1, 0.15) is 0 Å². The van der Waals surface area contributed by atoms with Gasteiger partial charge in [-0.15, -0.1) is 0 Å². The maximum absolute atomic E-state index is 5.36. The highest BCUT2D eigenvalue weighted by Crippen LogP contribution is 2.28. The molecule has 0 saturated carbocycles. The minimum atomic E-state index is 0.805. The highest BCUT2D eigenvalue weighted by molar-refractivity contribution is 5.42. The second-order valence-electron chi connectivity index (χ2n) is 6.30. The van der Waals surface area contributed by atoms with Crippen molar-refractivity contribution in [2.24, 2.45) is 0 Å². The van der Waals surface area contributed by atoms with E-state index in [2.05, 4.69) is 42.5 Å². The van der Waals surface area contributed by atoms with Crippen molar-refractivity contribution < 1.29 is 9.47 Å². The molecule has 2 nitrogen and oxygen atoms in total. The van der Waals surface area contributed by atoms with Crippen molar-refractivity contribution in [3.8, 4) is 11.5 Å². The molecule has 0 N–H and O–H groups in total. The largest absolute Gasteiger partial charge is 0.493 e. The van der Waals surface area contributed by atoms with Crippen LogP contribution >= 0.6 is 0 Å². The molecule has 0 aliphatic heterocycles. The number of ether oxygens (including phenoxy) is 2. The standard InChI is InChI=1S/C22H30O2/c1-23-21-17-16-20(18-22(21)24-2)15-9-6-4-3-5-8-12-19-13-10-7-11-14-19/h7,10-11,13-14,16-18H,3-6,8-9,12,15H2,1-2H3. The van der Waals surface area contributed by atoms with Crippen molar-refractivity contribution in [1.29, 1.82) is 0 Å². The first kappa shape index (κ1) is 18.4. The van der Waals surface area contributed by atoms with Gasteiger partial charge in [0.2, 0.25) is 0 Å². The summed E-state index contributed by atoms with van der Waals surface area (Å²) in [5, 5.41) is 0.